The molecule has 2 rings (SSSR count). The summed E-state index contributed by atoms with van der Waals surface area (Å²) in [7, 11) is 2.31. The Hall–Kier alpha value is -4.37. The molecule has 0 radical (unpaired) electrons. The highest BCUT2D eigenvalue weighted by atomic mass is 19.4. The number of ether oxygens (including phenoxy) is 2. The largest absolute Gasteiger partial charge is 0.453 e. The molecule has 12 nitrogen and oxygen atoms in total. The lowest BCUT2D eigenvalue weighted by Crippen LogP contribution is -2.59. The van der Waals surface area contributed by atoms with Crippen LogP contribution in [0, 0.1) is 11.8 Å². The van der Waals surface area contributed by atoms with E-state index in [0.717, 1.165) is 31.9 Å². The molecule has 4 atom stereocenters. The third-order valence-corrected chi connectivity index (χ3v) is 7.24. The van der Waals surface area contributed by atoms with Gasteiger partial charge in [0.05, 0.1) is 31.9 Å². The summed E-state index contributed by atoms with van der Waals surface area (Å²) in [6, 6.07) is 10.2. The average Bonchev–Trinajstić information content (AvgIpc) is 3.01. The third kappa shape index (κ3) is 12.7. The van der Waals surface area contributed by atoms with E-state index in [2.05, 4.69) is 30.8 Å². The number of benzene rings is 2. The fraction of sp³-hybridized carbons (Fsp3) is 0.500. The molecule has 0 aliphatic rings. The van der Waals surface area contributed by atoms with Gasteiger partial charge < -0.3 is 30.5 Å². The summed E-state index contributed by atoms with van der Waals surface area (Å²) < 4.78 is 48.8. The van der Waals surface area contributed by atoms with Gasteiger partial charge in [0.25, 0.3) is 5.91 Å². The molecule has 0 fully saturated rings. The molecule has 0 unspecified atom stereocenters. The minimum Gasteiger partial charge on any atom is -0.453 e. The minimum absolute atomic E-state index is 0.144. The fourth-order valence-corrected chi connectivity index (χ4v) is 4.61. The Balaban J connectivity index is 2.42. The Bertz CT molecular complexity index is 1310. The summed E-state index contributed by atoms with van der Waals surface area (Å²) >= 11 is 0. The predicted molar refractivity (Wildman–Crippen MR) is 166 cm³/mol. The van der Waals surface area contributed by atoms with Crippen molar-refractivity contribution in [3.05, 3.63) is 71.3 Å². The zero-order valence-corrected chi connectivity index (χ0v) is 27.3. The van der Waals surface area contributed by atoms with Crippen LogP contribution in [0.15, 0.2) is 54.6 Å². The number of carbonyl (C=O) groups is 4. The summed E-state index contributed by atoms with van der Waals surface area (Å²) in [5.41, 5.74) is 2.93. The first-order valence-corrected chi connectivity index (χ1v) is 15.0. The van der Waals surface area contributed by atoms with Crippen molar-refractivity contribution >= 4 is 24.0 Å². The highest BCUT2D eigenvalue weighted by Gasteiger charge is 2.33. The highest BCUT2D eigenvalue weighted by Crippen LogP contribution is 2.29. The molecule has 4 amide bonds. The number of alkyl carbamates (subject to hydrolysis) is 2. The standard InChI is InChI=1S/C32H44F3N5O7/c1-19(2)26(37-30(44)46-5)28(42)36-24(16-21-10-8-7-9-11-21)25(41)18-40(17-22-12-14-23(15-13-22)32(33,34)35)39-29(43)27(20(3)4)38-31(45)47-6/h7-15,19-20,24-27,41H,16-18H2,1-6H3,(H,36,42)(H,37,44)(H,38,45)(H,39,43)/t24-,25-,26-,27-/m0/s1. The van der Waals surface area contributed by atoms with Gasteiger partial charge in [-0.3, -0.25) is 15.0 Å². The Labute approximate surface area is 272 Å². The predicted octanol–water partition coefficient (Wildman–Crippen LogP) is 3.39. The van der Waals surface area contributed by atoms with Crippen LogP contribution in [-0.4, -0.2) is 79.1 Å². The number of halogens is 3. The highest BCUT2D eigenvalue weighted by molar-refractivity contribution is 5.86. The lowest BCUT2D eigenvalue weighted by atomic mass is 9.98. The van der Waals surface area contributed by atoms with Crippen molar-refractivity contribution in [2.45, 2.75) is 71.1 Å². The number of nitrogens with one attached hydrogen (secondary N) is 4. The van der Waals surface area contributed by atoms with Crippen LogP contribution in [0.4, 0.5) is 22.8 Å². The summed E-state index contributed by atoms with van der Waals surface area (Å²) in [4.78, 5) is 50.6. The Morgan fingerprint density at radius 2 is 1.28 bits per heavy atom. The molecule has 2 aromatic carbocycles. The number of hydrazine groups is 1. The first-order valence-electron chi connectivity index (χ1n) is 15.0. The molecule has 0 bridgehead atoms. The first kappa shape index (κ1) is 38.8. The van der Waals surface area contributed by atoms with Crippen molar-refractivity contribution < 1.29 is 46.9 Å². The van der Waals surface area contributed by atoms with Crippen molar-refractivity contribution in [3.8, 4) is 0 Å². The molecular formula is C32H44F3N5O7. The van der Waals surface area contributed by atoms with Gasteiger partial charge in [-0.1, -0.05) is 70.2 Å². The maximum Gasteiger partial charge on any atom is 0.416 e. The van der Waals surface area contributed by atoms with Crippen LogP contribution in [0.3, 0.4) is 0 Å². The quantitative estimate of drug-likeness (QED) is 0.181. The molecule has 47 heavy (non-hydrogen) atoms. The van der Waals surface area contributed by atoms with Crippen LogP contribution in [0.25, 0.3) is 0 Å². The van der Waals surface area contributed by atoms with E-state index in [1.165, 1.54) is 17.1 Å². The molecule has 2 aromatic rings. The average molecular weight is 668 g/mol. The van der Waals surface area contributed by atoms with E-state index in [0.29, 0.717) is 5.56 Å². The van der Waals surface area contributed by atoms with Gasteiger partial charge in [-0.2, -0.15) is 13.2 Å². The molecule has 0 aliphatic carbocycles. The zero-order valence-electron chi connectivity index (χ0n) is 27.3. The second kappa shape index (κ2) is 18.1. The van der Waals surface area contributed by atoms with E-state index >= 15 is 0 Å². The Morgan fingerprint density at radius 3 is 1.74 bits per heavy atom. The normalized spacial score (nSPS) is 14.1. The molecule has 0 saturated heterocycles. The number of alkyl halides is 3. The number of methoxy groups -OCH3 is 2. The van der Waals surface area contributed by atoms with E-state index in [4.69, 9.17) is 0 Å². The monoisotopic (exact) mass is 667 g/mol. The van der Waals surface area contributed by atoms with Crippen LogP contribution in [0.5, 0.6) is 0 Å². The van der Waals surface area contributed by atoms with Crippen molar-refractivity contribution in [2.75, 3.05) is 20.8 Å². The smallest absolute Gasteiger partial charge is 0.416 e. The SMILES string of the molecule is COC(=O)N[C@H](C(=O)N[C@@H](Cc1ccccc1)[C@@H](O)CN(Cc1ccc(C(F)(F)F)cc1)NC(=O)[C@@H](NC(=O)OC)C(C)C)C(C)C. The fourth-order valence-electron chi connectivity index (χ4n) is 4.61. The number of rotatable bonds is 15. The summed E-state index contributed by atoms with van der Waals surface area (Å²) in [5.74, 6) is -2.01. The van der Waals surface area contributed by atoms with Gasteiger partial charge in [0, 0.05) is 13.1 Å². The molecule has 260 valence electrons. The zero-order chi connectivity index (χ0) is 35.3. The van der Waals surface area contributed by atoms with Gasteiger partial charge in [-0.25, -0.2) is 14.6 Å². The van der Waals surface area contributed by atoms with Gasteiger partial charge >= 0.3 is 18.4 Å². The van der Waals surface area contributed by atoms with Crippen LogP contribution < -0.4 is 21.4 Å². The van der Waals surface area contributed by atoms with Gasteiger partial charge in [-0.15, -0.1) is 0 Å². The van der Waals surface area contributed by atoms with Gasteiger partial charge in [0.1, 0.15) is 12.1 Å². The summed E-state index contributed by atoms with van der Waals surface area (Å²) in [6.45, 7) is 6.37. The lowest BCUT2D eigenvalue weighted by Gasteiger charge is -2.33. The Morgan fingerprint density at radius 1 is 0.766 bits per heavy atom. The first-order chi connectivity index (χ1) is 22.0. The maximum absolute atomic E-state index is 13.4. The molecule has 0 heterocycles. The van der Waals surface area contributed by atoms with Crippen LogP contribution >= 0.6 is 0 Å². The van der Waals surface area contributed by atoms with Crippen LogP contribution in [0.1, 0.15) is 44.4 Å². The molecule has 5 N–H and O–H groups in total. The Kier molecular flexibility index (Phi) is 14.9. The van der Waals surface area contributed by atoms with Gasteiger partial charge in [0.15, 0.2) is 0 Å². The van der Waals surface area contributed by atoms with Crippen LogP contribution in [-0.2, 0) is 38.2 Å². The number of aliphatic hydroxyl groups is 1. The number of amides is 4. The van der Waals surface area contributed by atoms with Crippen molar-refractivity contribution in [3.63, 3.8) is 0 Å². The van der Waals surface area contributed by atoms with Gasteiger partial charge in [-0.05, 0) is 41.5 Å². The van der Waals surface area contributed by atoms with E-state index in [-0.39, 0.29) is 25.4 Å². The summed E-state index contributed by atoms with van der Waals surface area (Å²) in [5, 5.41) is 20.6. The second-order valence-corrected chi connectivity index (χ2v) is 11.6. The topological polar surface area (TPSA) is 158 Å². The van der Waals surface area contributed by atoms with Crippen molar-refractivity contribution in [1.82, 2.24) is 26.4 Å². The lowest BCUT2D eigenvalue weighted by molar-refractivity contribution is -0.137. The van der Waals surface area contributed by atoms with Crippen molar-refractivity contribution in [1.29, 1.82) is 0 Å². The minimum atomic E-state index is -4.55. The van der Waals surface area contributed by atoms with Crippen LogP contribution in [0.2, 0.25) is 0 Å². The molecular weight excluding hydrogens is 623 g/mol. The molecule has 0 aromatic heterocycles. The third-order valence-electron chi connectivity index (χ3n) is 7.24. The summed E-state index contributed by atoms with van der Waals surface area (Å²) in [6.07, 6.45) is -7.42. The van der Waals surface area contributed by atoms with Crippen molar-refractivity contribution in [2.24, 2.45) is 11.8 Å². The van der Waals surface area contributed by atoms with E-state index in [1.807, 2.05) is 0 Å². The molecule has 0 saturated carbocycles. The number of hydrogen-bond acceptors (Lipinski definition) is 8. The number of hydrogen-bond donors (Lipinski definition) is 5. The second-order valence-electron chi connectivity index (χ2n) is 11.6. The molecule has 0 spiro atoms. The van der Waals surface area contributed by atoms with Gasteiger partial charge in [0.2, 0.25) is 5.91 Å². The maximum atomic E-state index is 13.4. The van der Waals surface area contributed by atoms with E-state index < -0.39 is 65.9 Å². The van der Waals surface area contributed by atoms with E-state index in [9.17, 15) is 37.5 Å². The molecule has 0 aliphatic heterocycles. The number of aliphatic hydroxyl groups excluding tert-OH is 1. The number of carbonyl (C=O) groups excluding carboxylic acids is 4. The van der Waals surface area contributed by atoms with E-state index in [1.54, 1.807) is 58.0 Å². The number of nitrogens with zero attached hydrogens (tertiary/aromatic N) is 1. The molecule has 15 heteroatoms.